The molecular formula is C19H31NO5. The summed E-state index contributed by atoms with van der Waals surface area (Å²) in [7, 11) is 0. The van der Waals surface area contributed by atoms with Crippen molar-refractivity contribution >= 4 is 5.91 Å². The molecule has 25 heavy (non-hydrogen) atoms. The van der Waals surface area contributed by atoms with Crippen molar-refractivity contribution in [1.82, 2.24) is 5.32 Å². The van der Waals surface area contributed by atoms with Crippen LogP contribution in [-0.4, -0.2) is 29.8 Å². The number of hydrogen-bond donors (Lipinski definition) is 1. The van der Waals surface area contributed by atoms with E-state index in [1.807, 2.05) is 6.92 Å². The Bertz CT molecular complexity index is 528. The van der Waals surface area contributed by atoms with E-state index >= 15 is 0 Å². The molecule has 4 aliphatic heterocycles. The van der Waals surface area contributed by atoms with Crippen LogP contribution < -0.4 is 5.32 Å². The van der Waals surface area contributed by atoms with Gasteiger partial charge in [-0.1, -0.05) is 26.7 Å². The first-order valence-electron chi connectivity index (χ1n) is 9.98. The molecule has 1 aliphatic carbocycles. The summed E-state index contributed by atoms with van der Waals surface area (Å²) in [6.07, 6.45) is 6.87. The average Bonchev–Trinajstić information content (AvgIpc) is 2.82. The molecule has 1 N–H and O–H groups in total. The van der Waals surface area contributed by atoms with Gasteiger partial charge in [-0.2, -0.15) is 0 Å². The fraction of sp³-hybridized carbons (Fsp3) is 0.947. The van der Waals surface area contributed by atoms with Crippen molar-refractivity contribution < 1.29 is 24.0 Å². The van der Waals surface area contributed by atoms with Gasteiger partial charge < -0.3 is 14.8 Å². The van der Waals surface area contributed by atoms with Gasteiger partial charge in [-0.3, -0.25) is 4.79 Å². The van der Waals surface area contributed by atoms with E-state index in [9.17, 15) is 4.79 Å². The first-order valence-corrected chi connectivity index (χ1v) is 9.98. The molecule has 6 heteroatoms. The van der Waals surface area contributed by atoms with Crippen LogP contribution in [-0.2, 0) is 24.0 Å². The number of hydrogen-bond acceptors (Lipinski definition) is 5. The van der Waals surface area contributed by atoms with Gasteiger partial charge in [0.25, 0.3) is 0 Å². The molecule has 7 atom stereocenters. The fourth-order valence-electron chi connectivity index (χ4n) is 5.29. The lowest BCUT2D eigenvalue weighted by Gasteiger charge is -2.59. The van der Waals surface area contributed by atoms with Crippen molar-refractivity contribution in [2.24, 2.45) is 17.8 Å². The number of ether oxygens (including phenoxy) is 2. The molecule has 1 amide bonds. The highest BCUT2D eigenvalue weighted by Gasteiger charge is 2.68. The zero-order valence-electron chi connectivity index (χ0n) is 15.6. The Labute approximate surface area is 149 Å². The van der Waals surface area contributed by atoms with E-state index in [1.54, 1.807) is 0 Å². The summed E-state index contributed by atoms with van der Waals surface area (Å²) in [4.78, 5) is 24.1. The summed E-state index contributed by atoms with van der Waals surface area (Å²) in [6, 6.07) is 0. The molecule has 7 unspecified atom stereocenters. The lowest BCUT2D eigenvalue weighted by Crippen LogP contribution is -2.71. The first kappa shape index (κ1) is 17.7. The van der Waals surface area contributed by atoms with Crippen LogP contribution in [0, 0.1) is 17.8 Å². The third-order valence-electron chi connectivity index (χ3n) is 6.76. The molecule has 1 spiro atoms. The highest BCUT2D eigenvalue weighted by atomic mass is 17.3. The molecule has 4 saturated heterocycles. The van der Waals surface area contributed by atoms with Gasteiger partial charge in [0.15, 0.2) is 11.9 Å². The third kappa shape index (κ3) is 2.82. The number of amides is 1. The summed E-state index contributed by atoms with van der Waals surface area (Å²) in [5.41, 5.74) is -0.529. The zero-order valence-corrected chi connectivity index (χ0v) is 15.6. The largest absolute Gasteiger partial charge is 0.330 e. The van der Waals surface area contributed by atoms with Gasteiger partial charge in [0, 0.05) is 24.7 Å². The summed E-state index contributed by atoms with van der Waals surface area (Å²) in [5.74, 6) is 0.127. The van der Waals surface area contributed by atoms with Crippen LogP contribution in [0.5, 0.6) is 0 Å². The molecule has 6 nitrogen and oxygen atoms in total. The predicted molar refractivity (Wildman–Crippen MR) is 89.9 cm³/mol. The van der Waals surface area contributed by atoms with E-state index in [2.05, 4.69) is 19.2 Å². The maximum Gasteiger partial charge on any atom is 0.221 e. The summed E-state index contributed by atoms with van der Waals surface area (Å²) >= 11 is 0. The maximum absolute atomic E-state index is 12.3. The third-order valence-corrected chi connectivity index (χ3v) is 6.76. The molecule has 5 rings (SSSR count). The number of unbranched alkanes of at least 4 members (excludes halogenated alkanes) is 1. The Morgan fingerprint density at radius 2 is 2.08 bits per heavy atom. The Balaban J connectivity index is 1.58. The van der Waals surface area contributed by atoms with Gasteiger partial charge in [0.2, 0.25) is 11.7 Å². The van der Waals surface area contributed by atoms with Crippen molar-refractivity contribution in [3.8, 4) is 0 Å². The van der Waals surface area contributed by atoms with Crippen molar-refractivity contribution in [1.29, 1.82) is 0 Å². The van der Waals surface area contributed by atoms with Crippen LogP contribution in [0.4, 0.5) is 0 Å². The van der Waals surface area contributed by atoms with Crippen LogP contribution in [0.15, 0.2) is 0 Å². The van der Waals surface area contributed by atoms with Crippen molar-refractivity contribution in [3.05, 3.63) is 0 Å². The first-order chi connectivity index (χ1) is 12.0. The molecule has 2 bridgehead atoms. The molecule has 0 aromatic rings. The minimum Gasteiger partial charge on any atom is -0.330 e. The minimum atomic E-state index is -0.755. The Morgan fingerprint density at radius 3 is 2.88 bits per heavy atom. The van der Waals surface area contributed by atoms with E-state index in [4.69, 9.17) is 19.2 Å². The van der Waals surface area contributed by atoms with E-state index < -0.39 is 17.7 Å². The molecule has 142 valence electrons. The SMILES string of the molecule is CCCCC(=O)NC1OC2OC3(C)CCC4CCCC(C1C)C42OO3. The highest BCUT2D eigenvalue weighted by Crippen LogP contribution is 2.58. The molecule has 0 aromatic carbocycles. The number of fused-ring (bicyclic) bond motifs is 2. The molecule has 1 saturated carbocycles. The number of carbonyl (C=O) groups excluding carboxylic acids is 1. The van der Waals surface area contributed by atoms with Gasteiger partial charge in [-0.05, 0) is 38.5 Å². The van der Waals surface area contributed by atoms with E-state index in [0.29, 0.717) is 12.3 Å². The molecule has 0 radical (unpaired) electrons. The van der Waals surface area contributed by atoms with Gasteiger partial charge in [0.1, 0.15) is 6.23 Å². The van der Waals surface area contributed by atoms with E-state index in [1.165, 1.54) is 6.42 Å². The van der Waals surface area contributed by atoms with Crippen molar-refractivity contribution in [3.63, 3.8) is 0 Å². The summed E-state index contributed by atoms with van der Waals surface area (Å²) < 4.78 is 12.5. The molecule has 5 fully saturated rings. The minimum absolute atomic E-state index is 0.0594. The van der Waals surface area contributed by atoms with Crippen LogP contribution >= 0.6 is 0 Å². The second-order valence-corrected chi connectivity index (χ2v) is 8.46. The number of rotatable bonds is 4. The molecule has 4 heterocycles. The Morgan fingerprint density at radius 1 is 1.24 bits per heavy atom. The zero-order chi connectivity index (χ0) is 17.7. The van der Waals surface area contributed by atoms with Crippen molar-refractivity contribution in [2.75, 3.05) is 0 Å². The average molecular weight is 353 g/mol. The second-order valence-electron chi connectivity index (χ2n) is 8.46. The van der Waals surface area contributed by atoms with Crippen LogP contribution in [0.1, 0.15) is 72.1 Å². The topological polar surface area (TPSA) is 66.0 Å². The van der Waals surface area contributed by atoms with Gasteiger partial charge in [-0.15, -0.1) is 0 Å². The molecule has 0 aromatic heterocycles. The lowest BCUT2D eigenvalue weighted by molar-refractivity contribution is -0.570. The van der Waals surface area contributed by atoms with E-state index in [-0.39, 0.29) is 24.0 Å². The Hall–Kier alpha value is -0.690. The monoisotopic (exact) mass is 353 g/mol. The number of carbonyl (C=O) groups is 1. The highest BCUT2D eigenvalue weighted by molar-refractivity contribution is 5.76. The van der Waals surface area contributed by atoms with E-state index in [0.717, 1.165) is 38.5 Å². The fourth-order valence-corrected chi connectivity index (χ4v) is 5.29. The van der Waals surface area contributed by atoms with Gasteiger partial charge >= 0.3 is 0 Å². The standard InChI is InChI=1S/C19H31NO5/c1-4-5-9-15(21)20-16-12(2)14-8-6-7-13-10-11-18(3)23-17(22-16)19(13,14)25-24-18/h12-14,16-17H,4-11H2,1-3H3,(H,20,21). The number of nitrogens with one attached hydrogen (secondary N) is 1. The summed E-state index contributed by atoms with van der Waals surface area (Å²) in [6.45, 7) is 6.17. The van der Waals surface area contributed by atoms with Crippen LogP contribution in [0.2, 0.25) is 0 Å². The maximum atomic E-state index is 12.3. The van der Waals surface area contributed by atoms with Crippen LogP contribution in [0.25, 0.3) is 0 Å². The second kappa shape index (κ2) is 6.48. The van der Waals surface area contributed by atoms with Crippen molar-refractivity contribution in [2.45, 2.75) is 96.0 Å². The van der Waals surface area contributed by atoms with Crippen LogP contribution in [0.3, 0.4) is 0 Å². The van der Waals surface area contributed by atoms with Gasteiger partial charge in [0.05, 0.1) is 0 Å². The smallest absolute Gasteiger partial charge is 0.221 e. The summed E-state index contributed by atoms with van der Waals surface area (Å²) in [5, 5.41) is 3.09. The lowest BCUT2D eigenvalue weighted by atomic mass is 9.61. The quantitative estimate of drug-likeness (QED) is 0.786. The normalized spacial score (nSPS) is 48.5. The van der Waals surface area contributed by atoms with Gasteiger partial charge in [-0.25, -0.2) is 9.78 Å². The molecule has 5 aliphatic rings. The Kier molecular flexibility index (Phi) is 4.59. The predicted octanol–water partition coefficient (Wildman–Crippen LogP) is 3.25. The molecular weight excluding hydrogens is 322 g/mol.